The standard InChI is InChI=1S/C11H11ClN2O/c12-10-9(2-1-5-14-10)11(8-13)3-6-15-7-4-11/h1-2,5H,3-4,6-7H2. The maximum Gasteiger partial charge on any atom is 0.133 e. The van der Waals surface area contributed by atoms with Crippen LogP contribution in [-0.2, 0) is 10.2 Å². The molecule has 1 aromatic heterocycles. The van der Waals surface area contributed by atoms with Gasteiger partial charge in [-0.3, -0.25) is 0 Å². The molecule has 78 valence electrons. The van der Waals surface area contributed by atoms with Gasteiger partial charge in [0.1, 0.15) is 5.15 Å². The lowest BCUT2D eigenvalue weighted by molar-refractivity contribution is 0.0675. The van der Waals surface area contributed by atoms with Crippen LogP contribution in [0.5, 0.6) is 0 Å². The second-order valence-corrected chi connectivity index (χ2v) is 4.01. The zero-order chi connectivity index (χ0) is 10.7. The summed E-state index contributed by atoms with van der Waals surface area (Å²) in [6.07, 6.45) is 3.01. The molecule has 0 radical (unpaired) electrons. The molecule has 1 aromatic rings. The van der Waals surface area contributed by atoms with Gasteiger partial charge in [0.05, 0.1) is 11.5 Å². The van der Waals surface area contributed by atoms with Gasteiger partial charge in [0.15, 0.2) is 0 Å². The van der Waals surface area contributed by atoms with Gasteiger partial charge in [-0.1, -0.05) is 17.7 Å². The first kappa shape index (κ1) is 10.4. The lowest BCUT2D eigenvalue weighted by Crippen LogP contribution is -2.32. The average molecular weight is 223 g/mol. The number of nitrogens with zero attached hydrogens (tertiary/aromatic N) is 2. The highest BCUT2D eigenvalue weighted by molar-refractivity contribution is 6.30. The Morgan fingerprint density at radius 2 is 2.20 bits per heavy atom. The molecule has 2 rings (SSSR count). The van der Waals surface area contributed by atoms with Gasteiger partial charge in [-0.05, 0) is 18.9 Å². The van der Waals surface area contributed by atoms with E-state index in [4.69, 9.17) is 16.3 Å². The summed E-state index contributed by atoms with van der Waals surface area (Å²) in [6, 6.07) is 6.06. The van der Waals surface area contributed by atoms with Crippen LogP contribution in [0, 0.1) is 11.3 Å². The van der Waals surface area contributed by atoms with Crippen LogP contribution in [0.15, 0.2) is 18.3 Å². The Balaban J connectivity index is 2.42. The SMILES string of the molecule is N#CC1(c2cccnc2Cl)CCOCC1. The Hall–Kier alpha value is -1.11. The van der Waals surface area contributed by atoms with Crippen LogP contribution in [-0.4, -0.2) is 18.2 Å². The number of hydrogen-bond acceptors (Lipinski definition) is 3. The van der Waals surface area contributed by atoms with Crippen molar-refractivity contribution in [2.45, 2.75) is 18.3 Å². The van der Waals surface area contributed by atoms with Crippen molar-refractivity contribution < 1.29 is 4.74 Å². The normalized spacial score (nSPS) is 19.5. The molecule has 4 heteroatoms. The molecule has 0 aliphatic carbocycles. The molecule has 1 aliphatic heterocycles. The molecule has 0 saturated carbocycles. The molecule has 0 aromatic carbocycles. The molecule has 0 unspecified atom stereocenters. The van der Waals surface area contributed by atoms with E-state index in [0.29, 0.717) is 31.2 Å². The van der Waals surface area contributed by atoms with Crippen molar-refractivity contribution in [3.8, 4) is 6.07 Å². The van der Waals surface area contributed by atoms with E-state index in [1.165, 1.54) is 0 Å². The Morgan fingerprint density at radius 3 is 2.80 bits per heavy atom. The van der Waals surface area contributed by atoms with Crippen molar-refractivity contribution in [2.24, 2.45) is 0 Å². The Labute approximate surface area is 93.6 Å². The molecule has 0 amide bonds. The van der Waals surface area contributed by atoms with Crippen LogP contribution in [0.3, 0.4) is 0 Å². The number of aromatic nitrogens is 1. The van der Waals surface area contributed by atoms with E-state index in [2.05, 4.69) is 11.1 Å². The predicted octanol–water partition coefficient (Wildman–Crippen LogP) is 2.31. The molecular formula is C11H11ClN2O. The Morgan fingerprint density at radius 1 is 1.47 bits per heavy atom. The third-order valence-corrected chi connectivity index (χ3v) is 3.14. The van der Waals surface area contributed by atoms with Crippen LogP contribution >= 0.6 is 11.6 Å². The summed E-state index contributed by atoms with van der Waals surface area (Å²) in [5.41, 5.74) is 0.321. The van der Waals surface area contributed by atoms with E-state index in [0.717, 1.165) is 5.56 Å². The summed E-state index contributed by atoms with van der Waals surface area (Å²) in [7, 11) is 0. The van der Waals surface area contributed by atoms with E-state index in [1.807, 2.05) is 12.1 Å². The fraction of sp³-hybridized carbons (Fsp3) is 0.455. The monoisotopic (exact) mass is 222 g/mol. The molecule has 0 N–H and O–H groups in total. The van der Waals surface area contributed by atoms with E-state index in [-0.39, 0.29) is 0 Å². The van der Waals surface area contributed by atoms with Crippen molar-refractivity contribution in [3.63, 3.8) is 0 Å². The van der Waals surface area contributed by atoms with Crippen molar-refractivity contribution in [3.05, 3.63) is 29.0 Å². The van der Waals surface area contributed by atoms with Gasteiger partial charge < -0.3 is 4.74 Å². The number of ether oxygens (including phenoxy) is 1. The maximum absolute atomic E-state index is 9.33. The minimum absolute atomic E-state index is 0.431. The van der Waals surface area contributed by atoms with Gasteiger partial charge in [0, 0.05) is 25.0 Å². The zero-order valence-electron chi connectivity index (χ0n) is 8.24. The predicted molar refractivity (Wildman–Crippen MR) is 56.6 cm³/mol. The quantitative estimate of drug-likeness (QED) is 0.685. The van der Waals surface area contributed by atoms with Crippen LogP contribution in [0.4, 0.5) is 0 Å². The highest BCUT2D eigenvalue weighted by atomic mass is 35.5. The topological polar surface area (TPSA) is 45.9 Å². The Kier molecular flexibility index (Phi) is 2.90. The first-order valence-corrected chi connectivity index (χ1v) is 5.26. The fourth-order valence-electron chi connectivity index (χ4n) is 1.90. The van der Waals surface area contributed by atoms with E-state index in [9.17, 15) is 5.26 Å². The molecule has 1 fully saturated rings. The van der Waals surface area contributed by atoms with Crippen molar-refractivity contribution in [1.82, 2.24) is 4.98 Å². The van der Waals surface area contributed by atoms with Crippen LogP contribution in [0.1, 0.15) is 18.4 Å². The van der Waals surface area contributed by atoms with Crippen LogP contribution < -0.4 is 0 Å². The van der Waals surface area contributed by atoms with Gasteiger partial charge in [0.25, 0.3) is 0 Å². The van der Waals surface area contributed by atoms with Gasteiger partial charge in [0.2, 0.25) is 0 Å². The summed E-state index contributed by atoms with van der Waals surface area (Å²) in [5.74, 6) is 0. The molecule has 2 heterocycles. The van der Waals surface area contributed by atoms with E-state index < -0.39 is 5.41 Å². The molecule has 0 atom stereocenters. The maximum atomic E-state index is 9.33. The molecule has 15 heavy (non-hydrogen) atoms. The second-order valence-electron chi connectivity index (χ2n) is 3.65. The van der Waals surface area contributed by atoms with Crippen LogP contribution in [0.25, 0.3) is 0 Å². The number of hydrogen-bond donors (Lipinski definition) is 0. The third kappa shape index (κ3) is 1.83. The van der Waals surface area contributed by atoms with E-state index >= 15 is 0 Å². The smallest absolute Gasteiger partial charge is 0.133 e. The summed E-state index contributed by atoms with van der Waals surface area (Å²) in [4.78, 5) is 4.02. The van der Waals surface area contributed by atoms with Gasteiger partial charge in [-0.2, -0.15) is 5.26 Å². The van der Waals surface area contributed by atoms with Gasteiger partial charge in [-0.25, -0.2) is 4.98 Å². The second kappa shape index (κ2) is 4.18. The lowest BCUT2D eigenvalue weighted by Gasteiger charge is -2.31. The van der Waals surface area contributed by atoms with Gasteiger partial charge in [-0.15, -0.1) is 0 Å². The molecule has 1 saturated heterocycles. The minimum atomic E-state index is -0.510. The highest BCUT2D eigenvalue weighted by Gasteiger charge is 2.36. The van der Waals surface area contributed by atoms with Gasteiger partial charge >= 0.3 is 0 Å². The van der Waals surface area contributed by atoms with E-state index in [1.54, 1.807) is 6.20 Å². The number of nitriles is 1. The summed E-state index contributed by atoms with van der Waals surface area (Å²) in [5, 5.41) is 9.76. The fourth-order valence-corrected chi connectivity index (χ4v) is 2.20. The first-order valence-electron chi connectivity index (χ1n) is 4.88. The molecule has 3 nitrogen and oxygen atoms in total. The molecular weight excluding hydrogens is 212 g/mol. The zero-order valence-corrected chi connectivity index (χ0v) is 9.00. The largest absolute Gasteiger partial charge is 0.381 e. The summed E-state index contributed by atoms with van der Waals surface area (Å²) < 4.78 is 5.27. The molecule has 0 bridgehead atoms. The molecule has 0 spiro atoms. The first-order chi connectivity index (χ1) is 7.28. The van der Waals surface area contributed by atoms with Crippen LogP contribution in [0.2, 0.25) is 5.15 Å². The van der Waals surface area contributed by atoms with Crippen molar-refractivity contribution >= 4 is 11.6 Å². The number of rotatable bonds is 1. The minimum Gasteiger partial charge on any atom is -0.381 e. The van der Waals surface area contributed by atoms with Crippen molar-refractivity contribution in [1.29, 1.82) is 5.26 Å². The average Bonchev–Trinajstić information content (AvgIpc) is 2.30. The summed E-state index contributed by atoms with van der Waals surface area (Å²) in [6.45, 7) is 1.22. The number of halogens is 1. The summed E-state index contributed by atoms with van der Waals surface area (Å²) >= 11 is 6.02. The highest BCUT2D eigenvalue weighted by Crippen LogP contribution is 2.36. The Bertz CT molecular complexity index is 394. The van der Waals surface area contributed by atoms with Crippen molar-refractivity contribution in [2.75, 3.05) is 13.2 Å². The lowest BCUT2D eigenvalue weighted by atomic mass is 9.76. The third-order valence-electron chi connectivity index (χ3n) is 2.84. The molecule has 1 aliphatic rings. The number of pyridine rings is 1.